The van der Waals surface area contributed by atoms with Crippen molar-refractivity contribution in [3.63, 3.8) is 0 Å². The van der Waals surface area contributed by atoms with Gasteiger partial charge in [0, 0.05) is 3.57 Å². The first-order valence-corrected chi connectivity index (χ1v) is 11.2. The maximum atomic E-state index is 12.8. The fraction of sp³-hybridized carbons (Fsp3) is 0.150. The number of nitrogens with zero attached hydrogens (tertiary/aromatic N) is 1. The number of thioether (sulfide) groups is 1. The molecule has 10 heteroatoms. The number of hydrogen-bond donors (Lipinski definition) is 1. The molecular weight excluding hydrogens is 589 g/mol. The Morgan fingerprint density at radius 1 is 1.27 bits per heavy atom. The Kier molecular flexibility index (Phi) is 7.42. The number of amides is 2. The fourth-order valence-electron chi connectivity index (χ4n) is 2.66. The lowest BCUT2D eigenvalue weighted by Gasteiger charge is -2.13. The highest BCUT2D eigenvalue weighted by Gasteiger charge is 2.35. The van der Waals surface area contributed by atoms with Gasteiger partial charge in [0.25, 0.3) is 11.1 Å². The van der Waals surface area contributed by atoms with Crippen molar-refractivity contribution in [3.05, 3.63) is 60.5 Å². The lowest BCUT2D eigenvalue weighted by atomic mass is 10.1. The summed E-state index contributed by atoms with van der Waals surface area (Å²) in [5.74, 6) is -0.946. The molecule has 0 radical (unpaired) electrons. The van der Waals surface area contributed by atoms with Crippen LogP contribution in [0.25, 0.3) is 6.08 Å². The zero-order chi connectivity index (χ0) is 21.8. The summed E-state index contributed by atoms with van der Waals surface area (Å²) in [5.41, 5.74) is 1.46. The normalized spacial score (nSPS) is 15.0. The van der Waals surface area contributed by atoms with Gasteiger partial charge in [-0.25, -0.2) is 4.79 Å². The number of carbonyl (C=O) groups is 3. The van der Waals surface area contributed by atoms with Crippen LogP contribution in [0, 0.1) is 3.57 Å². The van der Waals surface area contributed by atoms with E-state index in [2.05, 4.69) is 38.5 Å². The lowest BCUT2D eigenvalue weighted by Crippen LogP contribution is -2.27. The van der Waals surface area contributed by atoms with Crippen LogP contribution < -0.4 is 9.47 Å². The van der Waals surface area contributed by atoms with Gasteiger partial charge in [-0.3, -0.25) is 14.5 Å². The van der Waals surface area contributed by atoms with E-state index in [1.54, 1.807) is 18.2 Å². The van der Waals surface area contributed by atoms with Crippen molar-refractivity contribution in [2.75, 3.05) is 13.7 Å². The smallest absolute Gasteiger partial charge is 0.341 e. The third kappa shape index (κ3) is 5.35. The first-order chi connectivity index (χ1) is 14.3. The van der Waals surface area contributed by atoms with E-state index >= 15 is 0 Å². The van der Waals surface area contributed by atoms with Gasteiger partial charge in [-0.05, 0) is 91.8 Å². The molecule has 1 aliphatic rings. The third-order valence-electron chi connectivity index (χ3n) is 4.02. The summed E-state index contributed by atoms with van der Waals surface area (Å²) >= 11 is 6.39. The molecule has 3 rings (SSSR count). The molecule has 1 saturated heterocycles. The number of benzene rings is 2. The molecule has 156 valence electrons. The van der Waals surface area contributed by atoms with E-state index in [0.29, 0.717) is 20.7 Å². The number of carboxylic acid groups (broad SMARTS) is 1. The monoisotopic (exact) mass is 603 g/mol. The molecule has 0 saturated carbocycles. The second-order valence-corrected chi connectivity index (χ2v) is 9.20. The summed E-state index contributed by atoms with van der Waals surface area (Å²) in [7, 11) is 1.42. The van der Waals surface area contributed by atoms with Gasteiger partial charge in [0.2, 0.25) is 0 Å². The van der Waals surface area contributed by atoms with Crippen LogP contribution in [-0.4, -0.2) is 40.8 Å². The molecule has 0 spiro atoms. The molecule has 0 atom stereocenters. The summed E-state index contributed by atoms with van der Waals surface area (Å²) < 4.78 is 12.1. The minimum atomic E-state index is -1.12. The molecule has 1 fully saturated rings. The molecule has 0 aliphatic carbocycles. The molecular formula is C20H15BrINO6S. The number of methoxy groups -OCH3 is 1. The van der Waals surface area contributed by atoms with Crippen molar-refractivity contribution < 1.29 is 29.0 Å². The molecule has 1 N–H and O–H groups in total. The zero-order valence-corrected chi connectivity index (χ0v) is 20.1. The van der Waals surface area contributed by atoms with Gasteiger partial charge < -0.3 is 14.6 Å². The van der Waals surface area contributed by atoms with Gasteiger partial charge in [0.15, 0.2) is 18.1 Å². The average Bonchev–Trinajstić information content (AvgIpc) is 2.95. The van der Waals surface area contributed by atoms with Crippen molar-refractivity contribution >= 4 is 73.5 Å². The molecule has 0 bridgehead atoms. The quantitative estimate of drug-likeness (QED) is 0.360. The van der Waals surface area contributed by atoms with E-state index in [1.807, 2.05) is 24.3 Å². The Bertz CT molecular complexity index is 1040. The highest BCUT2D eigenvalue weighted by Crippen LogP contribution is 2.39. The van der Waals surface area contributed by atoms with Crippen molar-refractivity contribution in [3.8, 4) is 11.5 Å². The Balaban J connectivity index is 1.83. The summed E-state index contributed by atoms with van der Waals surface area (Å²) in [4.78, 5) is 37.4. The number of carbonyl (C=O) groups excluding carboxylic acids is 2. The zero-order valence-electron chi connectivity index (χ0n) is 15.6. The number of aliphatic carboxylic acids is 1. The van der Waals surface area contributed by atoms with Gasteiger partial charge in [-0.2, -0.15) is 0 Å². The summed E-state index contributed by atoms with van der Waals surface area (Å²) in [6, 6.07) is 10.9. The second kappa shape index (κ2) is 9.84. The van der Waals surface area contributed by atoms with Gasteiger partial charge in [0.1, 0.15) is 0 Å². The van der Waals surface area contributed by atoms with Crippen LogP contribution in [0.2, 0.25) is 0 Å². The minimum Gasteiger partial charge on any atom is -0.493 e. The first-order valence-electron chi connectivity index (χ1n) is 8.50. The molecule has 2 aromatic carbocycles. The Labute approximate surface area is 198 Å². The number of carboxylic acids is 1. The number of imide groups is 1. The largest absolute Gasteiger partial charge is 0.493 e. The van der Waals surface area contributed by atoms with Crippen LogP contribution in [0.15, 0.2) is 45.8 Å². The summed E-state index contributed by atoms with van der Waals surface area (Å²) in [5, 5.41) is 8.47. The molecule has 1 aliphatic heterocycles. The Morgan fingerprint density at radius 3 is 2.60 bits per heavy atom. The molecule has 0 unspecified atom stereocenters. The maximum absolute atomic E-state index is 12.8. The number of hydrogen-bond acceptors (Lipinski definition) is 6. The number of rotatable bonds is 7. The van der Waals surface area contributed by atoms with E-state index < -0.39 is 12.6 Å². The van der Waals surface area contributed by atoms with Crippen molar-refractivity contribution in [2.45, 2.75) is 6.54 Å². The topological polar surface area (TPSA) is 93.1 Å². The highest BCUT2D eigenvalue weighted by atomic mass is 127. The molecule has 2 aromatic rings. The van der Waals surface area contributed by atoms with E-state index in [1.165, 1.54) is 12.0 Å². The Hall–Kier alpha value is -2.05. The van der Waals surface area contributed by atoms with Crippen LogP contribution in [0.5, 0.6) is 11.5 Å². The molecule has 2 amide bonds. The molecule has 0 aromatic heterocycles. The molecule has 30 heavy (non-hydrogen) atoms. The van der Waals surface area contributed by atoms with Gasteiger partial charge in [-0.15, -0.1) is 0 Å². The Morgan fingerprint density at radius 2 is 1.97 bits per heavy atom. The van der Waals surface area contributed by atoms with Crippen LogP contribution in [0.3, 0.4) is 0 Å². The van der Waals surface area contributed by atoms with Gasteiger partial charge in [0.05, 0.1) is 23.0 Å². The van der Waals surface area contributed by atoms with Crippen molar-refractivity contribution in [2.24, 2.45) is 0 Å². The standard InChI is InChI=1S/C20H15BrINO6S/c1-28-15-7-12(6-14(21)18(15)29-10-17(24)25)8-16-19(26)23(20(27)30-16)9-11-2-4-13(22)5-3-11/h2-8H,9-10H2,1H3,(H,24,25)/b16-8-. The van der Waals surface area contributed by atoms with Crippen molar-refractivity contribution in [1.82, 2.24) is 4.90 Å². The number of halogens is 2. The predicted molar refractivity (Wildman–Crippen MR) is 124 cm³/mol. The lowest BCUT2D eigenvalue weighted by molar-refractivity contribution is -0.139. The van der Waals surface area contributed by atoms with E-state index in [0.717, 1.165) is 20.9 Å². The molecule has 7 nitrogen and oxygen atoms in total. The van der Waals surface area contributed by atoms with Crippen LogP contribution >= 0.6 is 50.3 Å². The van der Waals surface area contributed by atoms with Crippen LogP contribution in [0.1, 0.15) is 11.1 Å². The highest BCUT2D eigenvalue weighted by molar-refractivity contribution is 14.1. The maximum Gasteiger partial charge on any atom is 0.341 e. The fourth-order valence-corrected chi connectivity index (χ4v) is 4.43. The third-order valence-corrected chi connectivity index (χ3v) is 6.23. The van der Waals surface area contributed by atoms with Crippen LogP contribution in [-0.2, 0) is 16.1 Å². The number of ether oxygens (including phenoxy) is 2. The summed E-state index contributed by atoms with van der Waals surface area (Å²) in [6.07, 6.45) is 1.59. The van der Waals surface area contributed by atoms with E-state index in [9.17, 15) is 14.4 Å². The van der Waals surface area contributed by atoms with E-state index in [-0.39, 0.29) is 23.4 Å². The van der Waals surface area contributed by atoms with E-state index in [4.69, 9.17) is 14.6 Å². The van der Waals surface area contributed by atoms with Gasteiger partial charge in [-0.1, -0.05) is 12.1 Å². The minimum absolute atomic E-state index is 0.202. The second-order valence-electron chi connectivity index (χ2n) is 6.11. The predicted octanol–water partition coefficient (Wildman–Crippen LogP) is 4.76. The summed E-state index contributed by atoms with van der Waals surface area (Å²) in [6.45, 7) is -0.320. The molecule has 1 heterocycles. The SMILES string of the molecule is COc1cc(/C=C2\SC(=O)N(Cc3ccc(I)cc3)C2=O)cc(Br)c1OCC(=O)O. The van der Waals surface area contributed by atoms with Gasteiger partial charge >= 0.3 is 5.97 Å². The average molecular weight is 604 g/mol. The first kappa shape index (κ1) is 22.6. The van der Waals surface area contributed by atoms with Crippen LogP contribution in [0.4, 0.5) is 4.79 Å². The van der Waals surface area contributed by atoms with Crippen molar-refractivity contribution in [1.29, 1.82) is 0 Å².